The van der Waals surface area contributed by atoms with E-state index in [0.29, 0.717) is 52.5 Å². The van der Waals surface area contributed by atoms with Crippen LogP contribution in [0.3, 0.4) is 0 Å². The van der Waals surface area contributed by atoms with Crippen molar-refractivity contribution < 1.29 is 22.3 Å². The molecular weight excluding hydrogens is 523 g/mol. The lowest BCUT2D eigenvalue weighted by molar-refractivity contribution is 0.0707. The minimum Gasteiger partial charge on any atom is -0.497 e. The van der Waals surface area contributed by atoms with Gasteiger partial charge in [-0.25, -0.2) is 17.8 Å². The third-order valence-corrected chi connectivity index (χ3v) is 7.86. The maximum atomic E-state index is 14.4. The molecule has 4 aromatic rings. The first-order chi connectivity index (χ1) is 17.7. The quantitative estimate of drug-likeness (QED) is 0.318. The minimum absolute atomic E-state index is 0.0673. The normalized spacial score (nSPS) is 18.1. The van der Waals surface area contributed by atoms with Gasteiger partial charge in [0, 0.05) is 29.6 Å². The van der Waals surface area contributed by atoms with Gasteiger partial charge in [-0.2, -0.15) is 10.1 Å². The van der Waals surface area contributed by atoms with Crippen LogP contribution in [-0.4, -0.2) is 61.1 Å². The number of anilines is 1. The van der Waals surface area contributed by atoms with Crippen molar-refractivity contribution in [3.8, 4) is 23.0 Å². The van der Waals surface area contributed by atoms with E-state index in [-0.39, 0.29) is 22.3 Å². The topological polar surface area (TPSA) is 131 Å². The zero-order chi connectivity index (χ0) is 26.2. The Balaban J connectivity index is 1.43. The molecule has 0 bridgehead atoms. The van der Waals surface area contributed by atoms with E-state index in [9.17, 15) is 12.8 Å². The summed E-state index contributed by atoms with van der Waals surface area (Å²) in [6.45, 7) is 2.68. The molecule has 0 amide bonds. The number of fused-ring (bicyclic) bond motifs is 1. The van der Waals surface area contributed by atoms with Crippen molar-refractivity contribution in [2.45, 2.75) is 30.5 Å². The highest BCUT2D eigenvalue weighted by Gasteiger charge is 2.28. The van der Waals surface area contributed by atoms with Crippen molar-refractivity contribution >= 4 is 38.3 Å². The number of aromatic amines is 1. The van der Waals surface area contributed by atoms with Crippen LogP contribution in [-0.2, 0) is 10.0 Å². The Labute approximate surface area is 217 Å². The van der Waals surface area contributed by atoms with Gasteiger partial charge in [-0.3, -0.25) is 9.82 Å². The van der Waals surface area contributed by atoms with Crippen LogP contribution in [0.15, 0.2) is 47.4 Å². The fourth-order valence-corrected chi connectivity index (χ4v) is 5.61. The molecule has 13 heteroatoms. The van der Waals surface area contributed by atoms with Crippen molar-refractivity contribution in [2.75, 3.05) is 24.9 Å². The number of methoxy groups -OCH3 is 1. The summed E-state index contributed by atoms with van der Waals surface area (Å²) in [5, 5.41) is 10.8. The summed E-state index contributed by atoms with van der Waals surface area (Å²) < 4.78 is 53.9. The van der Waals surface area contributed by atoms with Gasteiger partial charge in [-0.1, -0.05) is 11.6 Å². The summed E-state index contributed by atoms with van der Waals surface area (Å²) in [4.78, 5) is 8.97. The predicted molar refractivity (Wildman–Crippen MR) is 137 cm³/mol. The highest BCUT2D eigenvalue weighted by Crippen LogP contribution is 2.31. The number of hydrogen-bond acceptors (Lipinski definition) is 8. The van der Waals surface area contributed by atoms with Gasteiger partial charge in [-0.15, -0.1) is 0 Å². The Morgan fingerprint density at radius 3 is 2.68 bits per heavy atom. The van der Waals surface area contributed by atoms with Crippen LogP contribution in [0.4, 0.5) is 10.1 Å². The van der Waals surface area contributed by atoms with Gasteiger partial charge in [0.2, 0.25) is 5.88 Å². The number of aryl methyl sites for hydroxylation is 1. The van der Waals surface area contributed by atoms with Crippen LogP contribution in [0.25, 0.3) is 22.4 Å². The molecule has 0 radical (unpaired) electrons. The first-order valence-corrected chi connectivity index (χ1v) is 13.3. The highest BCUT2D eigenvalue weighted by atomic mass is 35.5. The van der Waals surface area contributed by atoms with Gasteiger partial charge >= 0.3 is 0 Å². The number of nitrogens with zero attached hydrogens (tertiary/aromatic N) is 3. The molecule has 37 heavy (non-hydrogen) atoms. The molecule has 3 N–H and O–H groups in total. The summed E-state index contributed by atoms with van der Waals surface area (Å²) in [6, 6.07) is 10.9. The van der Waals surface area contributed by atoms with Crippen molar-refractivity contribution in [3.63, 3.8) is 0 Å². The zero-order valence-electron chi connectivity index (χ0n) is 20.0. The SMILES string of the molecule is COc1ccc(Cl)c(S(=O)(=O)Nc2ccc(-c3nc(OC4CCNCC4F)c4c(C)[nH]nc4n3)cc2)c1. The zero-order valence-corrected chi connectivity index (χ0v) is 21.5. The molecule has 2 atom stereocenters. The second-order valence-electron chi connectivity index (χ2n) is 8.54. The molecule has 10 nitrogen and oxygen atoms in total. The third kappa shape index (κ3) is 5.17. The second kappa shape index (κ2) is 10.1. The molecule has 2 aromatic carbocycles. The van der Waals surface area contributed by atoms with Crippen LogP contribution in [0, 0.1) is 6.92 Å². The Hall–Kier alpha value is -3.48. The summed E-state index contributed by atoms with van der Waals surface area (Å²) in [5.41, 5.74) is 2.00. The van der Waals surface area contributed by atoms with E-state index in [4.69, 9.17) is 21.1 Å². The molecule has 0 saturated carbocycles. The number of ether oxygens (including phenoxy) is 2. The molecule has 1 aliphatic rings. The fourth-order valence-electron chi connectivity index (χ4n) is 4.03. The largest absolute Gasteiger partial charge is 0.497 e. The molecule has 194 valence electrons. The first-order valence-electron chi connectivity index (χ1n) is 11.5. The van der Waals surface area contributed by atoms with Gasteiger partial charge in [-0.05, 0) is 56.3 Å². The number of sulfonamides is 1. The predicted octanol–water partition coefficient (Wildman–Crippen LogP) is 3.87. The third-order valence-electron chi connectivity index (χ3n) is 6.00. The van der Waals surface area contributed by atoms with E-state index in [1.807, 2.05) is 6.92 Å². The van der Waals surface area contributed by atoms with Crippen molar-refractivity contribution in [2.24, 2.45) is 0 Å². The monoisotopic (exact) mass is 546 g/mol. The number of nitrogens with one attached hydrogen (secondary N) is 3. The minimum atomic E-state index is -3.98. The average Bonchev–Trinajstić information content (AvgIpc) is 3.26. The van der Waals surface area contributed by atoms with Crippen molar-refractivity contribution in [1.29, 1.82) is 0 Å². The van der Waals surface area contributed by atoms with Gasteiger partial charge in [0.15, 0.2) is 11.5 Å². The Morgan fingerprint density at radius 2 is 1.95 bits per heavy atom. The highest BCUT2D eigenvalue weighted by molar-refractivity contribution is 7.92. The maximum Gasteiger partial charge on any atom is 0.263 e. The number of alkyl halides is 1. The summed E-state index contributed by atoms with van der Waals surface area (Å²) in [5.74, 6) is 0.921. The van der Waals surface area contributed by atoms with E-state index in [0.717, 1.165) is 0 Å². The number of halogens is 2. The van der Waals surface area contributed by atoms with Crippen molar-refractivity contribution in [3.05, 3.63) is 53.2 Å². The van der Waals surface area contributed by atoms with Crippen LogP contribution in [0.2, 0.25) is 5.02 Å². The lowest BCUT2D eigenvalue weighted by Crippen LogP contribution is -2.44. The van der Waals surface area contributed by atoms with Gasteiger partial charge in [0.1, 0.15) is 28.3 Å². The van der Waals surface area contributed by atoms with Crippen LogP contribution < -0.4 is 19.5 Å². The number of benzene rings is 2. The van der Waals surface area contributed by atoms with Gasteiger partial charge in [0.05, 0.1) is 12.1 Å². The summed E-state index contributed by atoms with van der Waals surface area (Å²) in [6.07, 6.45) is -1.30. The number of hydrogen-bond donors (Lipinski definition) is 3. The molecule has 1 saturated heterocycles. The molecular formula is C24H24ClFN6O4S. The van der Waals surface area contributed by atoms with Gasteiger partial charge in [0.25, 0.3) is 10.0 Å². The van der Waals surface area contributed by atoms with Crippen molar-refractivity contribution in [1.82, 2.24) is 25.5 Å². The number of rotatable bonds is 7. The van der Waals surface area contributed by atoms with Crippen LogP contribution >= 0.6 is 11.6 Å². The van der Waals surface area contributed by atoms with Crippen LogP contribution in [0.5, 0.6) is 11.6 Å². The molecule has 1 aliphatic heterocycles. The number of piperidine rings is 1. The van der Waals surface area contributed by atoms with E-state index in [1.165, 1.54) is 19.2 Å². The van der Waals surface area contributed by atoms with E-state index < -0.39 is 22.3 Å². The molecule has 0 spiro atoms. The second-order valence-corrected chi connectivity index (χ2v) is 10.6. The van der Waals surface area contributed by atoms with E-state index in [1.54, 1.807) is 30.3 Å². The lowest BCUT2D eigenvalue weighted by atomic mass is 10.1. The molecule has 5 rings (SSSR count). The standard InChI is InChI=1S/C24H24ClFN6O4S/c1-13-21-23(31-30-13)28-22(29-24(21)36-19-9-10-27-12-18(19)26)14-3-5-15(6-4-14)32-37(33,34)20-11-16(35-2)7-8-17(20)25/h3-8,11,18-19,27,32H,9-10,12H2,1-2H3,(H,28,29,30,31). The number of aromatic nitrogens is 4. The first kappa shape index (κ1) is 25.2. The molecule has 3 heterocycles. The Morgan fingerprint density at radius 1 is 1.16 bits per heavy atom. The molecule has 2 unspecified atom stereocenters. The summed E-state index contributed by atoms with van der Waals surface area (Å²) >= 11 is 6.11. The summed E-state index contributed by atoms with van der Waals surface area (Å²) in [7, 11) is -2.54. The molecule has 0 aliphatic carbocycles. The number of H-pyrrole nitrogens is 1. The smallest absolute Gasteiger partial charge is 0.263 e. The molecule has 2 aromatic heterocycles. The van der Waals surface area contributed by atoms with E-state index >= 15 is 0 Å². The lowest BCUT2D eigenvalue weighted by Gasteiger charge is -2.27. The molecule has 1 fully saturated rings. The Bertz CT molecular complexity index is 1550. The fraction of sp³-hybridized carbons (Fsp3) is 0.292. The van der Waals surface area contributed by atoms with Gasteiger partial charge < -0.3 is 14.8 Å². The van der Waals surface area contributed by atoms with E-state index in [2.05, 4.69) is 30.2 Å². The average molecular weight is 547 g/mol. The maximum absolute atomic E-state index is 14.4. The Kier molecular flexibility index (Phi) is 6.88. The van der Waals surface area contributed by atoms with Crippen LogP contribution in [0.1, 0.15) is 12.1 Å².